The fraction of sp³-hybridized carbons (Fsp3) is 0.217. The van der Waals surface area contributed by atoms with E-state index in [9.17, 15) is 13.2 Å². The van der Waals surface area contributed by atoms with E-state index in [0.29, 0.717) is 17.6 Å². The molecule has 0 saturated heterocycles. The maximum atomic E-state index is 13.2. The molecule has 0 fully saturated rings. The molecule has 1 amide bonds. The Morgan fingerprint density at radius 3 is 2.59 bits per heavy atom. The minimum atomic E-state index is -3.77. The molecule has 2 aromatic heterocycles. The number of para-hydroxylation sites is 1. The van der Waals surface area contributed by atoms with Crippen LogP contribution in [0.25, 0.3) is 10.9 Å². The number of aryl methyl sites for hydroxylation is 1. The van der Waals surface area contributed by atoms with Gasteiger partial charge in [-0.15, -0.1) is 0 Å². The summed E-state index contributed by atoms with van der Waals surface area (Å²) in [5, 5.41) is 3.61. The zero-order valence-corrected chi connectivity index (χ0v) is 18.3. The number of aromatic nitrogens is 3. The number of carbonyl (C=O) groups excluding carboxylic acids is 1. The van der Waals surface area contributed by atoms with Gasteiger partial charge in [0, 0.05) is 37.1 Å². The van der Waals surface area contributed by atoms with Crippen LogP contribution in [0.5, 0.6) is 0 Å². The first-order valence-electron chi connectivity index (χ1n) is 10.4. The summed E-state index contributed by atoms with van der Waals surface area (Å²) < 4.78 is 29.6. The van der Waals surface area contributed by atoms with Crippen molar-refractivity contribution in [3.8, 4) is 0 Å². The zero-order valence-electron chi connectivity index (χ0n) is 17.5. The highest BCUT2D eigenvalue weighted by Crippen LogP contribution is 2.26. The molecule has 2 aromatic carbocycles. The fourth-order valence-corrected chi connectivity index (χ4v) is 5.05. The standard InChI is InChI=1S/C23H25N5O3S/c24-21(23(29)26-11-6-13-27-14-12-25-17-27)15-18-16-28(22-10-5-4-9-20(18)22)32(30,31)19-7-2-1-3-8-19/h1-5,7-10,12,14,16-17,21H,6,11,13,15,24H2,(H,26,29)/t21-/m0/s1. The number of nitrogens with zero attached hydrogens (tertiary/aromatic N) is 3. The predicted molar refractivity (Wildman–Crippen MR) is 122 cm³/mol. The average molecular weight is 452 g/mol. The molecule has 2 heterocycles. The number of fused-ring (bicyclic) bond motifs is 1. The van der Waals surface area contributed by atoms with Crippen LogP contribution < -0.4 is 11.1 Å². The van der Waals surface area contributed by atoms with E-state index in [2.05, 4.69) is 10.3 Å². The minimum Gasteiger partial charge on any atom is -0.355 e. The Morgan fingerprint density at radius 1 is 1.09 bits per heavy atom. The van der Waals surface area contributed by atoms with E-state index in [0.717, 1.165) is 18.4 Å². The van der Waals surface area contributed by atoms with Gasteiger partial charge in [-0.2, -0.15) is 0 Å². The number of benzene rings is 2. The van der Waals surface area contributed by atoms with Crippen molar-refractivity contribution in [2.24, 2.45) is 5.73 Å². The van der Waals surface area contributed by atoms with Crippen molar-refractivity contribution in [3.63, 3.8) is 0 Å². The first-order chi connectivity index (χ1) is 15.5. The van der Waals surface area contributed by atoms with Crippen LogP contribution in [0.4, 0.5) is 0 Å². The summed E-state index contributed by atoms with van der Waals surface area (Å²) in [6, 6.07) is 14.7. The average Bonchev–Trinajstić information content (AvgIpc) is 3.46. The SMILES string of the molecule is N[C@@H](Cc1cn(S(=O)(=O)c2ccccc2)c2ccccc12)C(=O)NCCCn1ccnc1. The second-order valence-electron chi connectivity index (χ2n) is 7.54. The van der Waals surface area contributed by atoms with Gasteiger partial charge in [-0.05, 0) is 36.6 Å². The number of rotatable bonds is 9. The van der Waals surface area contributed by atoms with E-state index in [4.69, 9.17) is 5.73 Å². The molecule has 9 heteroatoms. The molecule has 3 N–H and O–H groups in total. The maximum Gasteiger partial charge on any atom is 0.268 e. The summed E-state index contributed by atoms with van der Waals surface area (Å²) in [6.07, 6.45) is 7.86. The van der Waals surface area contributed by atoms with Crippen molar-refractivity contribution in [2.45, 2.75) is 30.3 Å². The summed E-state index contributed by atoms with van der Waals surface area (Å²) in [6.45, 7) is 1.25. The Hall–Kier alpha value is -3.43. The Kier molecular flexibility index (Phi) is 6.38. The largest absolute Gasteiger partial charge is 0.355 e. The molecule has 1 atom stereocenters. The van der Waals surface area contributed by atoms with E-state index < -0.39 is 16.1 Å². The van der Waals surface area contributed by atoms with Gasteiger partial charge in [0.2, 0.25) is 5.91 Å². The first-order valence-corrected chi connectivity index (χ1v) is 11.8. The zero-order chi connectivity index (χ0) is 22.6. The van der Waals surface area contributed by atoms with Crippen LogP contribution in [0.1, 0.15) is 12.0 Å². The predicted octanol–water partition coefficient (Wildman–Crippen LogP) is 2.15. The lowest BCUT2D eigenvalue weighted by Gasteiger charge is -2.12. The van der Waals surface area contributed by atoms with E-state index in [1.54, 1.807) is 61.2 Å². The lowest BCUT2D eigenvalue weighted by atomic mass is 10.1. The van der Waals surface area contributed by atoms with Crippen LogP contribution in [0.2, 0.25) is 0 Å². The first kappa shape index (κ1) is 21.8. The van der Waals surface area contributed by atoms with Gasteiger partial charge in [0.05, 0.1) is 22.8 Å². The lowest BCUT2D eigenvalue weighted by Crippen LogP contribution is -2.42. The quantitative estimate of drug-likeness (QED) is 0.379. The van der Waals surface area contributed by atoms with Crippen molar-refractivity contribution in [2.75, 3.05) is 6.54 Å². The molecule has 0 spiro atoms. The molecule has 0 bridgehead atoms. The Balaban J connectivity index is 1.49. The van der Waals surface area contributed by atoms with E-state index in [1.165, 1.54) is 3.97 Å². The van der Waals surface area contributed by atoms with Crippen molar-refractivity contribution in [1.29, 1.82) is 0 Å². The molecule has 0 unspecified atom stereocenters. The summed E-state index contributed by atoms with van der Waals surface area (Å²) in [5.74, 6) is -0.265. The molecule has 0 aliphatic carbocycles. The molecular formula is C23H25N5O3S. The van der Waals surface area contributed by atoms with Crippen LogP contribution >= 0.6 is 0 Å². The minimum absolute atomic E-state index is 0.201. The summed E-state index contributed by atoms with van der Waals surface area (Å²) in [7, 11) is -3.77. The number of amides is 1. The number of nitrogens with two attached hydrogens (primary N) is 1. The molecule has 8 nitrogen and oxygen atoms in total. The van der Waals surface area contributed by atoms with Crippen LogP contribution in [0.15, 0.2) is 84.4 Å². The second kappa shape index (κ2) is 9.37. The molecular weight excluding hydrogens is 426 g/mol. The van der Waals surface area contributed by atoms with Crippen LogP contribution in [0.3, 0.4) is 0 Å². The summed E-state index contributed by atoms with van der Waals surface area (Å²) in [4.78, 5) is 16.7. The monoisotopic (exact) mass is 451 g/mol. The third-order valence-corrected chi connectivity index (χ3v) is 6.98. The number of carbonyl (C=O) groups is 1. The summed E-state index contributed by atoms with van der Waals surface area (Å²) in [5.41, 5.74) is 7.42. The normalized spacial score (nSPS) is 12.7. The molecule has 166 valence electrons. The van der Waals surface area contributed by atoms with E-state index >= 15 is 0 Å². The van der Waals surface area contributed by atoms with Crippen LogP contribution in [-0.2, 0) is 27.8 Å². The Morgan fingerprint density at radius 2 is 1.84 bits per heavy atom. The van der Waals surface area contributed by atoms with Crippen molar-refractivity contribution >= 4 is 26.8 Å². The van der Waals surface area contributed by atoms with Gasteiger partial charge in [-0.3, -0.25) is 4.79 Å². The Bertz CT molecular complexity index is 1300. The highest BCUT2D eigenvalue weighted by molar-refractivity contribution is 7.90. The fourth-order valence-electron chi connectivity index (χ4n) is 3.64. The van der Waals surface area contributed by atoms with E-state index in [1.807, 2.05) is 22.9 Å². The molecule has 0 saturated carbocycles. The van der Waals surface area contributed by atoms with Crippen molar-refractivity contribution in [1.82, 2.24) is 18.8 Å². The molecule has 4 rings (SSSR count). The van der Waals surface area contributed by atoms with Gasteiger partial charge < -0.3 is 15.6 Å². The molecule has 4 aromatic rings. The smallest absolute Gasteiger partial charge is 0.268 e. The third-order valence-electron chi connectivity index (χ3n) is 5.29. The van der Waals surface area contributed by atoms with Gasteiger partial charge in [-0.25, -0.2) is 17.4 Å². The third kappa shape index (κ3) is 4.58. The number of nitrogens with one attached hydrogen (secondary N) is 1. The van der Waals surface area contributed by atoms with Crippen LogP contribution in [-0.4, -0.2) is 40.4 Å². The van der Waals surface area contributed by atoms with Gasteiger partial charge in [0.25, 0.3) is 10.0 Å². The summed E-state index contributed by atoms with van der Waals surface area (Å²) >= 11 is 0. The van der Waals surface area contributed by atoms with Crippen molar-refractivity contribution in [3.05, 3.63) is 85.1 Å². The van der Waals surface area contributed by atoms with E-state index in [-0.39, 0.29) is 17.2 Å². The number of hydrogen-bond acceptors (Lipinski definition) is 5. The Labute approximate surface area is 186 Å². The van der Waals surface area contributed by atoms with Gasteiger partial charge in [-0.1, -0.05) is 36.4 Å². The highest BCUT2D eigenvalue weighted by Gasteiger charge is 2.23. The maximum absolute atomic E-state index is 13.2. The lowest BCUT2D eigenvalue weighted by molar-refractivity contribution is -0.122. The van der Waals surface area contributed by atoms with Gasteiger partial charge in [0.15, 0.2) is 0 Å². The molecule has 32 heavy (non-hydrogen) atoms. The van der Waals surface area contributed by atoms with Gasteiger partial charge in [0.1, 0.15) is 0 Å². The van der Waals surface area contributed by atoms with Gasteiger partial charge >= 0.3 is 0 Å². The molecule has 0 aliphatic heterocycles. The second-order valence-corrected chi connectivity index (χ2v) is 9.36. The number of hydrogen-bond donors (Lipinski definition) is 2. The molecule has 0 aliphatic rings. The molecule has 0 radical (unpaired) electrons. The topological polar surface area (TPSA) is 112 Å². The number of imidazole rings is 1. The van der Waals surface area contributed by atoms with Crippen LogP contribution in [0, 0.1) is 0 Å². The highest BCUT2D eigenvalue weighted by atomic mass is 32.2. The van der Waals surface area contributed by atoms with Crippen molar-refractivity contribution < 1.29 is 13.2 Å².